The van der Waals surface area contributed by atoms with Crippen molar-refractivity contribution in [1.82, 2.24) is 9.97 Å². The molecule has 0 atom stereocenters. The Morgan fingerprint density at radius 2 is 1.85 bits per heavy atom. The van der Waals surface area contributed by atoms with E-state index in [2.05, 4.69) is 20.6 Å². The molecule has 0 bridgehead atoms. The molecule has 0 saturated carbocycles. The van der Waals surface area contributed by atoms with Gasteiger partial charge >= 0.3 is 12.0 Å². The lowest BCUT2D eigenvalue weighted by atomic mass is 10.1. The Bertz CT molecular complexity index is 643. The molecule has 2 aromatic rings. The lowest BCUT2D eigenvalue weighted by Crippen LogP contribution is -2.20. The minimum Gasteiger partial charge on any atom is -0.478 e. The van der Waals surface area contributed by atoms with Crippen molar-refractivity contribution >= 4 is 23.6 Å². The first-order valence-electron chi connectivity index (χ1n) is 5.75. The Kier molecular flexibility index (Phi) is 3.90. The third-order valence-electron chi connectivity index (χ3n) is 2.51. The van der Waals surface area contributed by atoms with Gasteiger partial charge in [-0.15, -0.1) is 0 Å². The second-order valence-corrected chi connectivity index (χ2v) is 3.99. The first kappa shape index (κ1) is 13.5. The average Bonchev–Trinajstić information content (AvgIpc) is 2.39. The fraction of sp³-hybridized carbons (Fsp3) is 0.0769. The number of aryl methyl sites for hydroxylation is 1. The Balaban J connectivity index is 2.05. The van der Waals surface area contributed by atoms with Crippen molar-refractivity contribution in [3.05, 3.63) is 47.8 Å². The van der Waals surface area contributed by atoms with Crippen LogP contribution >= 0.6 is 0 Å². The van der Waals surface area contributed by atoms with Crippen LogP contribution < -0.4 is 10.6 Å². The molecule has 1 aromatic heterocycles. The van der Waals surface area contributed by atoms with Crippen molar-refractivity contribution in [2.24, 2.45) is 0 Å². The van der Waals surface area contributed by atoms with Crippen LogP contribution in [-0.4, -0.2) is 27.1 Å². The molecule has 3 N–H and O–H groups in total. The summed E-state index contributed by atoms with van der Waals surface area (Å²) in [5, 5.41) is 14.0. The van der Waals surface area contributed by atoms with Gasteiger partial charge in [-0.25, -0.2) is 19.6 Å². The highest BCUT2D eigenvalue weighted by Gasteiger charge is 2.09. The highest BCUT2D eigenvalue weighted by molar-refractivity contribution is 5.99. The van der Waals surface area contributed by atoms with Gasteiger partial charge in [0.1, 0.15) is 0 Å². The number of hydrogen-bond acceptors (Lipinski definition) is 4. The zero-order valence-corrected chi connectivity index (χ0v) is 10.6. The molecule has 0 radical (unpaired) electrons. The van der Waals surface area contributed by atoms with Crippen LogP contribution in [0, 0.1) is 6.92 Å². The molecule has 0 saturated heterocycles. The van der Waals surface area contributed by atoms with Gasteiger partial charge in [-0.1, -0.05) is 0 Å². The quantitative estimate of drug-likeness (QED) is 0.793. The van der Waals surface area contributed by atoms with Gasteiger partial charge in [0.2, 0.25) is 5.95 Å². The molecule has 0 aliphatic carbocycles. The van der Waals surface area contributed by atoms with Gasteiger partial charge in [0, 0.05) is 18.1 Å². The van der Waals surface area contributed by atoms with E-state index in [4.69, 9.17) is 5.11 Å². The number of rotatable bonds is 3. The molecule has 0 spiro atoms. The first-order chi connectivity index (χ1) is 9.56. The lowest BCUT2D eigenvalue weighted by Gasteiger charge is -2.08. The third kappa shape index (κ3) is 3.29. The molecule has 2 amide bonds. The van der Waals surface area contributed by atoms with Crippen molar-refractivity contribution < 1.29 is 14.7 Å². The molecule has 0 aliphatic rings. The Labute approximate surface area is 114 Å². The fourth-order valence-corrected chi connectivity index (χ4v) is 1.61. The summed E-state index contributed by atoms with van der Waals surface area (Å²) in [5.41, 5.74) is 1.24. The average molecular weight is 272 g/mol. The second-order valence-electron chi connectivity index (χ2n) is 3.99. The number of aromatic carboxylic acids is 1. The van der Waals surface area contributed by atoms with Crippen LogP contribution in [0.2, 0.25) is 0 Å². The van der Waals surface area contributed by atoms with Crippen molar-refractivity contribution in [2.75, 3.05) is 10.6 Å². The number of anilines is 2. The minimum absolute atomic E-state index is 0.184. The maximum absolute atomic E-state index is 11.7. The third-order valence-corrected chi connectivity index (χ3v) is 2.51. The summed E-state index contributed by atoms with van der Waals surface area (Å²) in [6.07, 6.45) is 3.02. The van der Waals surface area contributed by atoms with E-state index >= 15 is 0 Å². The molecule has 0 aliphatic heterocycles. The van der Waals surface area contributed by atoms with Gasteiger partial charge < -0.3 is 10.4 Å². The predicted octanol–water partition coefficient (Wildman–Crippen LogP) is 2.13. The molecule has 0 unspecified atom stereocenters. The number of benzene rings is 1. The van der Waals surface area contributed by atoms with E-state index in [0.717, 1.165) is 0 Å². The summed E-state index contributed by atoms with van der Waals surface area (Å²) >= 11 is 0. The monoisotopic (exact) mass is 272 g/mol. The first-order valence-corrected chi connectivity index (χ1v) is 5.75. The lowest BCUT2D eigenvalue weighted by molar-refractivity contribution is 0.0696. The van der Waals surface area contributed by atoms with Crippen LogP contribution in [0.3, 0.4) is 0 Å². The standard InChI is InChI=1S/C13H12N4O3/c1-8-7-9(3-4-10(8)11(18)19)16-13(20)17-12-14-5-2-6-15-12/h2-7H,1H3,(H,18,19)(H2,14,15,16,17,20). The van der Waals surface area contributed by atoms with Gasteiger partial charge in [-0.05, 0) is 36.8 Å². The normalized spacial score (nSPS) is 9.85. The molecule has 0 fully saturated rings. The largest absolute Gasteiger partial charge is 0.478 e. The molecule has 20 heavy (non-hydrogen) atoms. The van der Waals surface area contributed by atoms with E-state index in [1.54, 1.807) is 19.1 Å². The highest BCUT2D eigenvalue weighted by atomic mass is 16.4. The number of carbonyl (C=O) groups excluding carboxylic acids is 1. The second kappa shape index (κ2) is 5.79. The van der Waals surface area contributed by atoms with Gasteiger partial charge in [0.15, 0.2) is 0 Å². The van der Waals surface area contributed by atoms with E-state index < -0.39 is 12.0 Å². The van der Waals surface area contributed by atoms with Crippen molar-refractivity contribution in [3.8, 4) is 0 Å². The summed E-state index contributed by atoms with van der Waals surface area (Å²) in [6, 6.07) is 5.67. The Hall–Kier alpha value is -2.96. The molecule has 1 heterocycles. The number of amides is 2. The summed E-state index contributed by atoms with van der Waals surface area (Å²) in [5.74, 6) is -0.819. The molecule has 102 valence electrons. The van der Waals surface area contributed by atoms with Gasteiger partial charge in [-0.2, -0.15) is 0 Å². The summed E-state index contributed by atoms with van der Waals surface area (Å²) < 4.78 is 0. The predicted molar refractivity (Wildman–Crippen MR) is 72.8 cm³/mol. The van der Waals surface area contributed by atoms with Crippen LogP contribution in [-0.2, 0) is 0 Å². The number of carbonyl (C=O) groups is 2. The molecule has 7 nitrogen and oxygen atoms in total. The van der Waals surface area contributed by atoms with Crippen molar-refractivity contribution in [3.63, 3.8) is 0 Å². The van der Waals surface area contributed by atoms with Gasteiger partial charge in [-0.3, -0.25) is 5.32 Å². The Morgan fingerprint density at radius 1 is 1.15 bits per heavy atom. The highest BCUT2D eigenvalue weighted by Crippen LogP contribution is 2.15. The fourth-order valence-electron chi connectivity index (χ4n) is 1.61. The van der Waals surface area contributed by atoms with Crippen molar-refractivity contribution in [2.45, 2.75) is 6.92 Å². The number of carboxylic acid groups (broad SMARTS) is 1. The molecular formula is C13H12N4O3. The molecular weight excluding hydrogens is 260 g/mol. The molecule has 1 aromatic carbocycles. The molecule has 7 heteroatoms. The number of carboxylic acids is 1. The number of aromatic nitrogens is 2. The van der Waals surface area contributed by atoms with Crippen LogP contribution in [0.5, 0.6) is 0 Å². The van der Waals surface area contributed by atoms with E-state index in [1.165, 1.54) is 24.5 Å². The van der Waals surface area contributed by atoms with E-state index in [9.17, 15) is 9.59 Å². The van der Waals surface area contributed by atoms with E-state index in [-0.39, 0.29) is 11.5 Å². The smallest absolute Gasteiger partial charge is 0.335 e. The van der Waals surface area contributed by atoms with Gasteiger partial charge in [0.05, 0.1) is 5.56 Å². The summed E-state index contributed by atoms with van der Waals surface area (Å²) in [7, 11) is 0. The maximum atomic E-state index is 11.7. The van der Waals surface area contributed by atoms with Crippen LogP contribution in [0.4, 0.5) is 16.4 Å². The maximum Gasteiger partial charge on any atom is 0.335 e. The molecule has 2 rings (SSSR count). The van der Waals surface area contributed by atoms with E-state index in [1.807, 2.05) is 0 Å². The number of nitrogens with zero attached hydrogens (tertiary/aromatic N) is 2. The van der Waals surface area contributed by atoms with Crippen LogP contribution in [0.1, 0.15) is 15.9 Å². The topological polar surface area (TPSA) is 104 Å². The zero-order valence-electron chi connectivity index (χ0n) is 10.6. The van der Waals surface area contributed by atoms with Gasteiger partial charge in [0.25, 0.3) is 0 Å². The SMILES string of the molecule is Cc1cc(NC(=O)Nc2ncccn2)ccc1C(=O)O. The van der Waals surface area contributed by atoms with Crippen LogP contribution in [0.15, 0.2) is 36.7 Å². The van der Waals surface area contributed by atoms with Crippen LogP contribution in [0.25, 0.3) is 0 Å². The van der Waals surface area contributed by atoms with E-state index in [0.29, 0.717) is 11.3 Å². The van der Waals surface area contributed by atoms with Crippen molar-refractivity contribution in [1.29, 1.82) is 0 Å². The number of urea groups is 1. The minimum atomic E-state index is -1.00. The summed E-state index contributed by atoms with van der Waals surface area (Å²) in [4.78, 5) is 30.3. The summed E-state index contributed by atoms with van der Waals surface area (Å²) in [6.45, 7) is 1.66. The Morgan fingerprint density at radius 3 is 2.45 bits per heavy atom. The number of hydrogen-bond donors (Lipinski definition) is 3. The number of nitrogens with one attached hydrogen (secondary N) is 2. The zero-order chi connectivity index (χ0) is 14.5.